The van der Waals surface area contributed by atoms with Crippen molar-refractivity contribution in [2.24, 2.45) is 5.92 Å². The summed E-state index contributed by atoms with van der Waals surface area (Å²) in [5.74, 6) is 0.892. The molecule has 0 aromatic carbocycles. The fourth-order valence-corrected chi connectivity index (χ4v) is 2.99. The smallest absolute Gasteiger partial charge is 0.0610 e. The molecule has 3 aliphatic carbocycles. The van der Waals surface area contributed by atoms with Gasteiger partial charge < -0.3 is 0 Å². The van der Waals surface area contributed by atoms with Gasteiger partial charge in [-0.25, -0.2) is 0 Å². The number of hydrogen-bond acceptors (Lipinski definition) is 0. The van der Waals surface area contributed by atoms with Gasteiger partial charge in [0, 0.05) is 0 Å². The Morgan fingerprint density at radius 3 is 2.10 bits per heavy atom. The first kappa shape index (κ1) is 7.24. The fraction of sp³-hybridized carbons (Fsp3) is 1.00. The molecule has 0 aliphatic heterocycles. The zero-order valence-corrected chi connectivity index (χ0v) is 7.46. The van der Waals surface area contributed by atoms with E-state index in [2.05, 4.69) is 0 Å². The maximum atomic E-state index is 6.32. The molecule has 2 heteroatoms. The third kappa shape index (κ3) is 0.967. The minimum absolute atomic E-state index is 0.0176. The lowest BCUT2D eigenvalue weighted by Crippen LogP contribution is -2.44. The van der Waals surface area contributed by atoms with Gasteiger partial charge in [0.25, 0.3) is 0 Å². The van der Waals surface area contributed by atoms with E-state index >= 15 is 0 Å². The summed E-state index contributed by atoms with van der Waals surface area (Å²) in [6.45, 7) is 0. The van der Waals surface area contributed by atoms with Gasteiger partial charge >= 0.3 is 0 Å². The van der Waals surface area contributed by atoms with Crippen LogP contribution in [-0.2, 0) is 0 Å². The molecule has 3 fully saturated rings. The van der Waals surface area contributed by atoms with Crippen molar-refractivity contribution in [2.75, 3.05) is 0 Å². The van der Waals surface area contributed by atoms with Gasteiger partial charge in [0.2, 0.25) is 0 Å². The predicted octanol–water partition coefficient (Wildman–Crippen LogP) is 3.17. The summed E-state index contributed by atoms with van der Waals surface area (Å²) >= 11 is 12.4. The number of halogens is 2. The van der Waals surface area contributed by atoms with Gasteiger partial charge in [-0.2, -0.15) is 0 Å². The highest BCUT2D eigenvalue weighted by Gasteiger charge is 2.45. The van der Waals surface area contributed by atoms with Gasteiger partial charge in [0.1, 0.15) is 0 Å². The predicted molar refractivity (Wildman–Crippen MR) is 44.8 cm³/mol. The molecular formula is C8H12Cl2. The molecular weight excluding hydrogens is 167 g/mol. The maximum Gasteiger partial charge on any atom is 0.0610 e. The average Bonchev–Trinajstić information content (AvgIpc) is 1.92. The van der Waals surface area contributed by atoms with Crippen molar-refractivity contribution in [3.8, 4) is 0 Å². The molecule has 58 valence electrons. The monoisotopic (exact) mass is 178 g/mol. The number of alkyl halides is 2. The Balaban J connectivity index is 2.17. The van der Waals surface area contributed by atoms with Crippen LogP contribution in [0, 0.1) is 5.92 Å². The highest BCUT2D eigenvalue weighted by Crippen LogP contribution is 2.50. The Bertz CT molecular complexity index is 136. The Morgan fingerprint density at radius 2 is 1.80 bits per heavy atom. The molecule has 0 radical (unpaired) electrons. The second-order valence-corrected chi connectivity index (χ2v) is 4.96. The molecule has 3 saturated carbocycles. The Hall–Kier alpha value is 0.580. The third-order valence-corrected chi connectivity index (χ3v) is 4.39. The Morgan fingerprint density at radius 1 is 1.20 bits per heavy atom. The molecule has 0 amide bonds. The molecule has 0 aromatic rings. The molecule has 0 heterocycles. The van der Waals surface area contributed by atoms with Crippen LogP contribution in [0.2, 0.25) is 0 Å². The first-order valence-electron chi connectivity index (χ1n) is 4.04. The largest absolute Gasteiger partial charge is 0.121 e. The molecule has 0 saturated heterocycles. The molecule has 2 bridgehead atoms. The van der Waals surface area contributed by atoms with E-state index in [0.29, 0.717) is 0 Å². The van der Waals surface area contributed by atoms with Crippen LogP contribution in [0.4, 0.5) is 0 Å². The zero-order chi connectivity index (χ0) is 7.19. The molecule has 0 nitrogen and oxygen atoms in total. The van der Waals surface area contributed by atoms with E-state index in [0.717, 1.165) is 25.2 Å². The number of fused-ring (bicyclic) bond motifs is 3. The van der Waals surface area contributed by atoms with Crippen LogP contribution < -0.4 is 0 Å². The maximum absolute atomic E-state index is 6.32. The van der Waals surface area contributed by atoms with Crippen LogP contribution >= 0.6 is 23.2 Å². The molecule has 1 unspecified atom stereocenters. The number of rotatable bonds is 0. The van der Waals surface area contributed by atoms with E-state index in [1.165, 1.54) is 12.8 Å². The van der Waals surface area contributed by atoms with E-state index in [4.69, 9.17) is 23.2 Å². The quantitative estimate of drug-likeness (QED) is 0.501. The van der Waals surface area contributed by atoms with Crippen LogP contribution in [0.25, 0.3) is 0 Å². The van der Waals surface area contributed by atoms with Gasteiger partial charge in [-0.1, -0.05) is 0 Å². The van der Waals surface area contributed by atoms with Gasteiger partial charge in [0.15, 0.2) is 0 Å². The first-order valence-corrected chi connectivity index (χ1v) is 4.85. The molecule has 0 aromatic heterocycles. The Kier molecular flexibility index (Phi) is 1.65. The van der Waals surface area contributed by atoms with Crippen molar-refractivity contribution in [3.05, 3.63) is 0 Å². The second kappa shape index (κ2) is 2.28. The van der Waals surface area contributed by atoms with Gasteiger partial charge in [-0.3, -0.25) is 0 Å². The number of hydrogen-bond donors (Lipinski definition) is 0. The molecule has 0 spiro atoms. The topological polar surface area (TPSA) is 0 Å². The summed E-state index contributed by atoms with van der Waals surface area (Å²) in [7, 11) is 0. The highest BCUT2D eigenvalue weighted by atomic mass is 35.5. The van der Waals surface area contributed by atoms with E-state index in [1.54, 1.807) is 0 Å². The van der Waals surface area contributed by atoms with Crippen molar-refractivity contribution in [3.63, 3.8) is 0 Å². The summed E-state index contributed by atoms with van der Waals surface area (Å²) in [4.78, 5) is -0.0176. The molecule has 1 atom stereocenters. The van der Waals surface area contributed by atoms with E-state index in [1.807, 2.05) is 0 Å². The normalized spacial score (nSPS) is 53.4. The van der Waals surface area contributed by atoms with Gasteiger partial charge in [-0.15, -0.1) is 23.2 Å². The summed E-state index contributed by atoms with van der Waals surface area (Å²) < 4.78 is 0. The van der Waals surface area contributed by atoms with Crippen molar-refractivity contribution in [2.45, 2.75) is 42.4 Å². The summed E-state index contributed by atoms with van der Waals surface area (Å²) in [6.07, 6.45) is 6.07. The SMILES string of the molecule is ClC1CC2CCC1(Cl)CC2. The van der Waals surface area contributed by atoms with Crippen molar-refractivity contribution < 1.29 is 0 Å². The van der Waals surface area contributed by atoms with Crippen LogP contribution in [0.15, 0.2) is 0 Å². The third-order valence-electron chi connectivity index (χ3n) is 3.04. The second-order valence-electron chi connectivity index (χ2n) is 3.68. The average molecular weight is 179 g/mol. The lowest BCUT2D eigenvalue weighted by atomic mass is 9.70. The lowest BCUT2D eigenvalue weighted by Gasteiger charge is -2.45. The Labute approximate surface area is 71.9 Å². The molecule has 3 aliphatic rings. The van der Waals surface area contributed by atoms with Crippen molar-refractivity contribution >= 4 is 23.2 Å². The lowest BCUT2D eigenvalue weighted by molar-refractivity contribution is 0.202. The van der Waals surface area contributed by atoms with Gasteiger partial charge in [0.05, 0.1) is 10.3 Å². The standard InChI is InChI=1S/C8H12Cl2/c9-7-5-6-1-3-8(7,10)4-2-6/h6-7H,1-5H2. The first-order chi connectivity index (χ1) is 4.71. The van der Waals surface area contributed by atoms with E-state index in [-0.39, 0.29) is 10.3 Å². The van der Waals surface area contributed by atoms with Crippen LogP contribution in [0.3, 0.4) is 0 Å². The van der Waals surface area contributed by atoms with Crippen molar-refractivity contribution in [1.82, 2.24) is 0 Å². The van der Waals surface area contributed by atoms with Crippen molar-refractivity contribution in [1.29, 1.82) is 0 Å². The van der Waals surface area contributed by atoms with Gasteiger partial charge in [-0.05, 0) is 38.0 Å². The summed E-state index contributed by atoms with van der Waals surface area (Å²) in [5, 5.41) is 0.252. The minimum Gasteiger partial charge on any atom is -0.121 e. The van der Waals surface area contributed by atoms with Crippen LogP contribution in [0.5, 0.6) is 0 Å². The zero-order valence-electron chi connectivity index (χ0n) is 5.95. The van der Waals surface area contributed by atoms with Crippen LogP contribution in [0.1, 0.15) is 32.1 Å². The summed E-state index contributed by atoms with van der Waals surface area (Å²) in [5.41, 5.74) is 0. The highest BCUT2D eigenvalue weighted by molar-refractivity contribution is 6.32. The molecule has 0 N–H and O–H groups in total. The molecule has 10 heavy (non-hydrogen) atoms. The van der Waals surface area contributed by atoms with E-state index in [9.17, 15) is 0 Å². The minimum atomic E-state index is -0.0176. The summed E-state index contributed by atoms with van der Waals surface area (Å²) in [6, 6.07) is 0. The fourth-order valence-electron chi connectivity index (χ4n) is 2.21. The van der Waals surface area contributed by atoms with Crippen LogP contribution in [-0.4, -0.2) is 10.3 Å². The van der Waals surface area contributed by atoms with E-state index < -0.39 is 0 Å². The molecule has 3 rings (SSSR count).